The third-order valence-corrected chi connectivity index (χ3v) is 4.51. The van der Waals surface area contributed by atoms with Crippen molar-refractivity contribution in [3.8, 4) is 0 Å². The van der Waals surface area contributed by atoms with Gasteiger partial charge in [0.15, 0.2) is 17.2 Å². The first-order valence-corrected chi connectivity index (χ1v) is 8.47. The maximum Gasteiger partial charge on any atom is 0.310 e. The van der Waals surface area contributed by atoms with Crippen LogP contribution in [0, 0.1) is 0 Å². The lowest BCUT2D eigenvalue weighted by Gasteiger charge is -2.21. The second-order valence-corrected chi connectivity index (χ2v) is 6.16. The average molecular weight is 337 g/mol. The molecule has 0 saturated carbocycles. The topological polar surface area (TPSA) is 78.5 Å². The predicted molar refractivity (Wildman–Crippen MR) is 83.6 cm³/mol. The molecule has 1 aliphatic heterocycles. The number of ether oxygens (including phenoxy) is 1. The largest absolute Gasteiger partial charge is 0.455 e. The molecule has 2 aromatic rings. The molecule has 8 heteroatoms. The lowest BCUT2D eigenvalue weighted by molar-refractivity contribution is -0.187. The van der Waals surface area contributed by atoms with E-state index in [-0.39, 0.29) is 12.1 Å². The number of furan rings is 1. The third-order valence-electron chi connectivity index (χ3n) is 3.43. The van der Waals surface area contributed by atoms with Gasteiger partial charge in [-0.2, -0.15) is 0 Å². The molecule has 1 atom stereocenters. The van der Waals surface area contributed by atoms with Gasteiger partial charge in [-0.15, -0.1) is 0 Å². The van der Waals surface area contributed by atoms with Gasteiger partial charge in [0, 0.05) is 32.5 Å². The molecule has 1 saturated heterocycles. The molecule has 23 heavy (non-hydrogen) atoms. The minimum Gasteiger partial charge on any atom is -0.455 e. The molecule has 3 rings (SSSR count). The average Bonchev–Trinajstić information content (AvgIpc) is 3.20. The third kappa shape index (κ3) is 4.37. The summed E-state index contributed by atoms with van der Waals surface area (Å²) >= 11 is 1.54. The van der Waals surface area contributed by atoms with E-state index in [9.17, 15) is 4.79 Å². The first kappa shape index (κ1) is 16.1. The molecule has 0 bridgehead atoms. The van der Waals surface area contributed by atoms with Gasteiger partial charge in [0.05, 0.1) is 5.75 Å². The molecule has 0 spiro atoms. The lowest BCUT2D eigenvalue weighted by atomic mass is 10.2. The molecule has 1 N–H and O–H groups in total. The minimum atomic E-state index is -0.410. The Kier molecular flexibility index (Phi) is 5.37. The molecule has 3 heterocycles. The fraction of sp³-hybridized carbons (Fsp3) is 0.467. The van der Waals surface area contributed by atoms with Crippen molar-refractivity contribution in [3.63, 3.8) is 0 Å². The molecule has 0 aliphatic carbocycles. The maximum absolute atomic E-state index is 12.0. The highest BCUT2D eigenvalue weighted by molar-refractivity contribution is 7.98. The van der Waals surface area contributed by atoms with Crippen molar-refractivity contribution in [1.29, 1.82) is 0 Å². The van der Waals surface area contributed by atoms with Crippen molar-refractivity contribution >= 4 is 17.7 Å². The van der Waals surface area contributed by atoms with E-state index in [1.54, 1.807) is 30.1 Å². The van der Waals surface area contributed by atoms with Crippen LogP contribution in [0.2, 0.25) is 0 Å². The standard InChI is InChI=1S/C15H19N3O4S/c1-18-8-7-16-15(18)23-10-11-5-6-12(21-11)14(19)17-22-13-4-2-3-9-20-13/h5-8,13H,2-4,9-10H2,1H3,(H,17,19)/t13-/m0/s1. The number of nitrogens with zero attached hydrogens (tertiary/aromatic N) is 2. The Bertz CT molecular complexity index is 649. The number of amides is 1. The molecular formula is C15H19N3O4S. The van der Waals surface area contributed by atoms with Crippen LogP contribution >= 0.6 is 11.8 Å². The van der Waals surface area contributed by atoms with Crippen LogP contribution in [0.25, 0.3) is 0 Å². The zero-order valence-corrected chi connectivity index (χ0v) is 13.7. The van der Waals surface area contributed by atoms with Gasteiger partial charge in [-0.1, -0.05) is 11.8 Å². The zero-order chi connectivity index (χ0) is 16.1. The first-order chi connectivity index (χ1) is 11.2. The second-order valence-electron chi connectivity index (χ2n) is 5.22. The van der Waals surface area contributed by atoms with Crippen molar-refractivity contribution in [2.75, 3.05) is 6.61 Å². The van der Waals surface area contributed by atoms with Crippen LogP contribution < -0.4 is 5.48 Å². The van der Waals surface area contributed by atoms with Crippen LogP contribution in [0.4, 0.5) is 0 Å². The molecule has 1 aliphatic rings. The highest BCUT2D eigenvalue weighted by atomic mass is 32.2. The van der Waals surface area contributed by atoms with Gasteiger partial charge in [0.1, 0.15) is 5.76 Å². The zero-order valence-electron chi connectivity index (χ0n) is 12.9. The van der Waals surface area contributed by atoms with Gasteiger partial charge in [-0.25, -0.2) is 15.3 Å². The highest BCUT2D eigenvalue weighted by Crippen LogP contribution is 2.22. The molecule has 1 amide bonds. The fourth-order valence-corrected chi connectivity index (χ4v) is 3.00. The summed E-state index contributed by atoms with van der Waals surface area (Å²) in [6.07, 6.45) is 6.10. The van der Waals surface area contributed by atoms with Gasteiger partial charge < -0.3 is 13.7 Å². The van der Waals surface area contributed by atoms with E-state index in [0.717, 1.165) is 24.4 Å². The molecule has 1 fully saturated rings. The van der Waals surface area contributed by atoms with Crippen LogP contribution in [-0.2, 0) is 22.4 Å². The monoisotopic (exact) mass is 337 g/mol. The van der Waals surface area contributed by atoms with Crippen LogP contribution in [0.1, 0.15) is 35.6 Å². The molecule has 124 valence electrons. The SMILES string of the molecule is Cn1ccnc1SCc1ccc(C(=O)NO[C@H]2CCCCO2)o1. The van der Waals surface area contributed by atoms with Crippen molar-refractivity contribution in [3.05, 3.63) is 36.0 Å². The van der Waals surface area contributed by atoms with E-state index in [1.165, 1.54) is 0 Å². The van der Waals surface area contributed by atoms with Crippen LogP contribution in [0.15, 0.2) is 34.1 Å². The molecular weight excluding hydrogens is 318 g/mol. The normalized spacial score (nSPS) is 18.0. The Labute approximate surface area is 138 Å². The van der Waals surface area contributed by atoms with E-state index < -0.39 is 5.91 Å². The number of carbonyl (C=O) groups excluding carboxylic acids is 1. The first-order valence-electron chi connectivity index (χ1n) is 7.49. The number of nitrogens with one attached hydrogen (secondary N) is 1. The van der Waals surface area contributed by atoms with E-state index in [4.69, 9.17) is 14.0 Å². The summed E-state index contributed by atoms with van der Waals surface area (Å²) in [5.41, 5.74) is 2.38. The Morgan fingerprint density at radius 2 is 2.43 bits per heavy atom. The van der Waals surface area contributed by atoms with Crippen LogP contribution in [0.3, 0.4) is 0 Å². The lowest BCUT2D eigenvalue weighted by Crippen LogP contribution is -2.32. The number of hydrogen-bond donors (Lipinski definition) is 1. The molecule has 0 aromatic carbocycles. The molecule has 0 radical (unpaired) electrons. The summed E-state index contributed by atoms with van der Waals surface area (Å²) in [6.45, 7) is 0.663. The van der Waals surface area contributed by atoms with E-state index in [2.05, 4.69) is 10.5 Å². The smallest absolute Gasteiger partial charge is 0.310 e. The fourth-order valence-electron chi connectivity index (χ4n) is 2.18. The van der Waals surface area contributed by atoms with Crippen LogP contribution in [-0.4, -0.2) is 28.4 Å². The number of aryl methyl sites for hydroxylation is 1. The maximum atomic E-state index is 12.0. The van der Waals surface area contributed by atoms with Crippen LogP contribution in [0.5, 0.6) is 0 Å². The van der Waals surface area contributed by atoms with Gasteiger partial charge in [-0.05, 0) is 25.0 Å². The minimum absolute atomic E-state index is 0.219. The summed E-state index contributed by atoms with van der Waals surface area (Å²) in [5.74, 6) is 1.12. The van der Waals surface area contributed by atoms with Gasteiger partial charge in [0.2, 0.25) is 0 Å². The molecule has 2 aromatic heterocycles. The van der Waals surface area contributed by atoms with E-state index >= 15 is 0 Å². The number of carbonyl (C=O) groups is 1. The number of imidazole rings is 1. The number of rotatable bonds is 6. The van der Waals surface area contributed by atoms with Crippen molar-refractivity contribution in [1.82, 2.24) is 15.0 Å². The molecule has 7 nitrogen and oxygen atoms in total. The number of hydroxylamine groups is 1. The summed E-state index contributed by atoms with van der Waals surface area (Å²) in [4.78, 5) is 21.4. The quantitative estimate of drug-likeness (QED) is 0.644. The van der Waals surface area contributed by atoms with E-state index in [1.807, 2.05) is 17.8 Å². The Hall–Kier alpha value is -1.77. The number of hydrogen-bond acceptors (Lipinski definition) is 6. The predicted octanol–water partition coefficient (Wildman–Crippen LogP) is 2.49. The number of aromatic nitrogens is 2. The highest BCUT2D eigenvalue weighted by Gasteiger charge is 2.18. The Morgan fingerprint density at radius 1 is 1.52 bits per heavy atom. The van der Waals surface area contributed by atoms with Gasteiger partial charge >= 0.3 is 5.91 Å². The summed E-state index contributed by atoms with van der Waals surface area (Å²) in [6, 6.07) is 3.41. The van der Waals surface area contributed by atoms with Crippen molar-refractivity contribution in [2.24, 2.45) is 7.05 Å². The van der Waals surface area contributed by atoms with Gasteiger partial charge in [0.25, 0.3) is 0 Å². The van der Waals surface area contributed by atoms with E-state index in [0.29, 0.717) is 18.1 Å². The summed E-state index contributed by atoms with van der Waals surface area (Å²) < 4.78 is 12.8. The summed E-state index contributed by atoms with van der Waals surface area (Å²) in [5, 5.41) is 0.894. The van der Waals surface area contributed by atoms with Crippen molar-refractivity contribution < 1.29 is 18.8 Å². The Morgan fingerprint density at radius 3 is 3.17 bits per heavy atom. The van der Waals surface area contributed by atoms with Gasteiger partial charge in [-0.3, -0.25) is 4.79 Å². The second kappa shape index (κ2) is 7.67. The number of thioether (sulfide) groups is 1. The van der Waals surface area contributed by atoms with Crippen molar-refractivity contribution in [2.45, 2.75) is 36.5 Å². The summed E-state index contributed by atoms with van der Waals surface area (Å²) in [7, 11) is 1.93. The Balaban J connectivity index is 1.47. The molecule has 0 unspecified atom stereocenters.